The molecule has 6 heteroatoms. The molecule has 0 atom stereocenters. The highest BCUT2D eigenvalue weighted by atomic mass is 35.5. The molecule has 2 aromatic rings. The molecule has 0 radical (unpaired) electrons. The van der Waals surface area contributed by atoms with E-state index in [0.29, 0.717) is 5.69 Å². The molecular weight excluding hydrogens is 278 g/mol. The molecule has 0 bridgehead atoms. The second-order valence-corrected chi connectivity index (χ2v) is 4.19. The second-order valence-electron chi connectivity index (χ2n) is 3.42. The molecule has 0 aliphatic heterocycles. The van der Waals surface area contributed by atoms with Crippen LogP contribution in [0, 0.1) is 5.82 Å². The zero-order valence-corrected chi connectivity index (χ0v) is 10.5. The predicted molar refractivity (Wildman–Crippen MR) is 68.6 cm³/mol. The summed E-state index contributed by atoms with van der Waals surface area (Å²) in [7, 11) is 0. The van der Waals surface area contributed by atoms with Crippen molar-refractivity contribution in [1.82, 2.24) is 4.98 Å². The Kier molecular flexibility index (Phi) is 3.79. The van der Waals surface area contributed by atoms with Crippen molar-refractivity contribution < 1.29 is 9.18 Å². The lowest BCUT2D eigenvalue weighted by atomic mass is 10.2. The highest BCUT2D eigenvalue weighted by Gasteiger charge is 2.10. The van der Waals surface area contributed by atoms with Gasteiger partial charge in [-0.05, 0) is 30.3 Å². The van der Waals surface area contributed by atoms with E-state index in [-0.39, 0.29) is 15.7 Å². The van der Waals surface area contributed by atoms with Gasteiger partial charge in [0.15, 0.2) is 5.15 Å². The minimum absolute atomic E-state index is 0.111. The number of amides is 1. The molecular formula is C12H7Cl2FN2O. The number of pyridine rings is 1. The topological polar surface area (TPSA) is 42.0 Å². The van der Waals surface area contributed by atoms with Gasteiger partial charge in [0.25, 0.3) is 5.91 Å². The number of carbonyl (C=O) groups excluding carboxylic acids is 1. The minimum Gasteiger partial charge on any atom is -0.319 e. The Morgan fingerprint density at radius 3 is 2.72 bits per heavy atom. The first-order valence-electron chi connectivity index (χ1n) is 4.95. The van der Waals surface area contributed by atoms with E-state index in [0.717, 1.165) is 6.07 Å². The SMILES string of the molecule is O=C(Nc1cccnc1Cl)c1ccc(F)c(Cl)c1. The van der Waals surface area contributed by atoms with Gasteiger partial charge in [-0.3, -0.25) is 4.79 Å². The third-order valence-corrected chi connectivity index (χ3v) is 2.78. The Labute approximate surface area is 113 Å². The lowest BCUT2D eigenvalue weighted by molar-refractivity contribution is 0.102. The fraction of sp³-hybridized carbons (Fsp3) is 0. The minimum atomic E-state index is -0.576. The Morgan fingerprint density at radius 1 is 1.28 bits per heavy atom. The third-order valence-electron chi connectivity index (χ3n) is 2.19. The van der Waals surface area contributed by atoms with E-state index in [1.54, 1.807) is 12.1 Å². The third kappa shape index (κ3) is 2.78. The van der Waals surface area contributed by atoms with Gasteiger partial charge in [0.05, 0.1) is 10.7 Å². The zero-order chi connectivity index (χ0) is 13.1. The normalized spacial score (nSPS) is 10.2. The fourth-order valence-corrected chi connectivity index (χ4v) is 1.66. The first kappa shape index (κ1) is 12.8. The van der Waals surface area contributed by atoms with Crippen LogP contribution in [0.15, 0.2) is 36.5 Å². The monoisotopic (exact) mass is 284 g/mol. The van der Waals surface area contributed by atoms with Crippen LogP contribution >= 0.6 is 23.2 Å². The van der Waals surface area contributed by atoms with Crippen molar-refractivity contribution in [2.75, 3.05) is 5.32 Å². The molecule has 0 unspecified atom stereocenters. The van der Waals surface area contributed by atoms with Gasteiger partial charge in [-0.1, -0.05) is 23.2 Å². The molecule has 92 valence electrons. The van der Waals surface area contributed by atoms with Crippen LogP contribution in [-0.4, -0.2) is 10.9 Å². The summed E-state index contributed by atoms with van der Waals surface area (Å²) in [5, 5.41) is 2.63. The maximum atomic E-state index is 13.0. The van der Waals surface area contributed by atoms with Gasteiger partial charge in [0.1, 0.15) is 5.82 Å². The first-order chi connectivity index (χ1) is 8.58. The largest absolute Gasteiger partial charge is 0.319 e. The average molecular weight is 285 g/mol. The Bertz CT molecular complexity index is 604. The van der Waals surface area contributed by atoms with Crippen LogP contribution in [0.4, 0.5) is 10.1 Å². The smallest absolute Gasteiger partial charge is 0.255 e. The summed E-state index contributed by atoms with van der Waals surface area (Å²) in [6.07, 6.45) is 1.51. The van der Waals surface area contributed by atoms with Gasteiger partial charge in [-0.25, -0.2) is 9.37 Å². The van der Waals surface area contributed by atoms with Crippen molar-refractivity contribution in [1.29, 1.82) is 0 Å². The number of nitrogens with zero attached hydrogens (tertiary/aromatic N) is 1. The van der Waals surface area contributed by atoms with Gasteiger partial charge in [-0.2, -0.15) is 0 Å². The summed E-state index contributed by atoms with van der Waals surface area (Å²) in [5.41, 5.74) is 0.617. The molecule has 1 amide bonds. The molecule has 0 saturated carbocycles. The number of hydrogen-bond donors (Lipinski definition) is 1. The quantitative estimate of drug-likeness (QED) is 0.853. The molecule has 0 aliphatic carbocycles. The van der Waals surface area contributed by atoms with Crippen molar-refractivity contribution in [3.05, 3.63) is 58.1 Å². The van der Waals surface area contributed by atoms with Gasteiger partial charge in [0, 0.05) is 11.8 Å². The predicted octanol–water partition coefficient (Wildman–Crippen LogP) is 3.78. The standard InChI is InChI=1S/C12H7Cl2FN2O/c13-8-6-7(3-4-9(8)15)12(18)17-10-2-1-5-16-11(10)14/h1-6H,(H,17,18). The molecule has 1 N–H and O–H groups in total. The van der Waals surface area contributed by atoms with E-state index in [1.165, 1.54) is 18.3 Å². The summed E-state index contributed by atoms with van der Waals surface area (Å²) in [6, 6.07) is 6.96. The number of anilines is 1. The summed E-state index contributed by atoms with van der Waals surface area (Å²) in [4.78, 5) is 15.7. The van der Waals surface area contributed by atoms with Crippen molar-refractivity contribution in [3.8, 4) is 0 Å². The van der Waals surface area contributed by atoms with Crippen molar-refractivity contribution in [2.45, 2.75) is 0 Å². The zero-order valence-electron chi connectivity index (χ0n) is 8.95. The molecule has 0 saturated heterocycles. The number of halogens is 3. The van der Waals surface area contributed by atoms with Crippen molar-refractivity contribution >= 4 is 34.8 Å². The number of aromatic nitrogens is 1. The molecule has 2 rings (SSSR count). The second kappa shape index (κ2) is 5.33. The van der Waals surface area contributed by atoms with E-state index in [4.69, 9.17) is 23.2 Å². The summed E-state index contributed by atoms with van der Waals surface area (Å²) >= 11 is 11.4. The van der Waals surface area contributed by atoms with Crippen LogP contribution < -0.4 is 5.32 Å². The molecule has 1 heterocycles. The molecule has 18 heavy (non-hydrogen) atoms. The lowest BCUT2D eigenvalue weighted by Crippen LogP contribution is -2.12. The number of rotatable bonds is 2. The lowest BCUT2D eigenvalue weighted by Gasteiger charge is -2.06. The maximum Gasteiger partial charge on any atom is 0.255 e. The van der Waals surface area contributed by atoms with Crippen LogP contribution in [0.1, 0.15) is 10.4 Å². The van der Waals surface area contributed by atoms with E-state index < -0.39 is 11.7 Å². The van der Waals surface area contributed by atoms with Gasteiger partial charge < -0.3 is 5.32 Å². The van der Waals surface area contributed by atoms with E-state index in [1.807, 2.05) is 0 Å². The first-order valence-corrected chi connectivity index (χ1v) is 5.70. The number of hydrogen-bond acceptors (Lipinski definition) is 2. The molecule has 3 nitrogen and oxygen atoms in total. The van der Waals surface area contributed by atoms with Crippen molar-refractivity contribution in [3.63, 3.8) is 0 Å². The van der Waals surface area contributed by atoms with Crippen molar-refractivity contribution in [2.24, 2.45) is 0 Å². The number of benzene rings is 1. The molecule has 0 aliphatic rings. The van der Waals surface area contributed by atoms with E-state index in [2.05, 4.69) is 10.3 Å². The number of nitrogens with one attached hydrogen (secondary N) is 1. The van der Waals surface area contributed by atoms with Crippen LogP contribution in [0.3, 0.4) is 0 Å². The highest BCUT2D eigenvalue weighted by Crippen LogP contribution is 2.20. The van der Waals surface area contributed by atoms with Crippen LogP contribution in [-0.2, 0) is 0 Å². The maximum absolute atomic E-state index is 13.0. The van der Waals surface area contributed by atoms with Gasteiger partial charge >= 0.3 is 0 Å². The Hall–Kier alpha value is -1.65. The van der Waals surface area contributed by atoms with Gasteiger partial charge in [0.2, 0.25) is 0 Å². The average Bonchev–Trinajstić information content (AvgIpc) is 2.35. The Balaban J connectivity index is 2.22. The highest BCUT2D eigenvalue weighted by molar-refractivity contribution is 6.33. The van der Waals surface area contributed by atoms with Gasteiger partial charge in [-0.15, -0.1) is 0 Å². The van der Waals surface area contributed by atoms with Crippen LogP contribution in [0.2, 0.25) is 10.2 Å². The van der Waals surface area contributed by atoms with Crippen LogP contribution in [0.5, 0.6) is 0 Å². The summed E-state index contributed by atoms with van der Waals surface area (Å²) in [6.45, 7) is 0. The molecule has 1 aromatic carbocycles. The molecule has 1 aromatic heterocycles. The summed E-state index contributed by atoms with van der Waals surface area (Å²) < 4.78 is 13.0. The Morgan fingerprint density at radius 2 is 2.06 bits per heavy atom. The molecule has 0 spiro atoms. The molecule has 0 fully saturated rings. The fourth-order valence-electron chi connectivity index (χ4n) is 1.31. The van der Waals surface area contributed by atoms with E-state index in [9.17, 15) is 9.18 Å². The number of carbonyl (C=O) groups is 1. The van der Waals surface area contributed by atoms with E-state index >= 15 is 0 Å². The summed E-state index contributed by atoms with van der Waals surface area (Å²) in [5.74, 6) is -1.01. The van der Waals surface area contributed by atoms with Crippen LogP contribution in [0.25, 0.3) is 0 Å².